The Morgan fingerprint density at radius 1 is 1.22 bits per heavy atom. The van der Waals surface area contributed by atoms with Crippen LogP contribution in [0.5, 0.6) is 0 Å². The molecular formula is C13H29NO4. The first-order valence-electron chi connectivity index (χ1n) is 6.54. The maximum Gasteiger partial charge on any atom is 0.306 e. The summed E-state index contributed by atoms with van der Waals surface area (Å²) in [5.41, 5.74) is 0. The van der Waals surface area contributed by atoms with Gasteiger partial charge in [-0.2, -0.15) is 0 Å². The molecule has 0 bridgehead atoms. The number of rotatable bonds is 10. The number of aldehydes is 1. The molecule has 18 heavy (non-hydrogen) atoms. The van der Waals surface area contributed by atoms with Gasteiger partial charge in [-0.25, -0.2) is 0 Å². The number of hydrogen-bond acceptors (Lipinski definition) is 5. The van der Waals surface area contributed by atoms with Gasteiger partial charge in [-0.05, 0) is 7.05 Å². The van der Waals surface area contributed by atoms with Gasteiger partial charge in [-0.3, -0.25) is 4.79 Å². The number of unbranched alkanes of at least 4 members (excludes halogenated alkanes) is 1. The van der Waals surface area contributed by atoms with Crippen molar-refractivity contribution in [3.05, 3.63) is 0 Å². The van der Waals surface area contributed by atoms with Crippen LogP contribution in [-0.4, -0.2) is 45.7 Å². The van der Waals surface area contributed by atoms with Crippen molar-refractivity contribution in [1.29, 1.82) is 0 Å². The van der Waals surface area contributed by atoms with Crippen molar-refractivity contribution in [2.75, 3.05) is 33.4 Å². The van der Waals surface area contributed by atoms with E-state index in [9.17, 15) is 9.59 Å². The Balaban J connectivity index is -0.000000448. The minimum Gasteiger partial charge on any atom is -0.463 e. The molecule has 0 aliphatic carbocycles. The lowest BCUT2D eigenvalue weighted by Gasteiger charge is -2.04. The molecule has 0 heterocycles. The maximum atomic E-state index is 10.8. The van der Waals surface area contributed by atoms with E-state index < -0.39 is 0 Å². The summed E-state index contributed by atoms with van der Waals surface area (Å²) < 4.78 is 9.90. The lowest BCUT2D eigenvalue weighted by molar-refractivity contribution is -0.145. The third kappa shape index (κ3) is 20.5. The smallest absolute Gasteiger partial charge is 0.306 e. The SMILES string of the molecule is CCCC.CNCCOCCOC(=O)CCC=O.[HH]. The molecule has 0 rings (SSSR count). The van der Waals surface area contributed by atoms with E-state index in [-0.39, 0.29) is 26.8 Å². The molecule has 0 atom stereocenters. The van der Waals surface area contributed by atoms with Gasteiger partial charge in [-0.15, -0.1) is 0 Å². The zero-order valence-electron chi connectivity index (χ0n) is 11.9. The van der Waals surface area contributed by atoms with Crippen molar-refractivity contribution >= 4 is 12.3 Å². The molecular weight excluding hydrogens is 234 g/mol. The van der Waals surface area contributed by atoms with Crippen LogP contribution in [0, 0.1) is 0 Å². The van der Waals surface area contributed by atoms with E-state index in [0.29, 0.717) is 19.5 Å². The average molecular weight is 263 g/mol. The third-order valence-corrected chi connectivity index (χ3v) is 1.95. The Bertz CT molecular complexity index is 189. The topological polar surface area (TPSA) is 64.6 Å². The van der Waals surface area contributed by atoms with Gasteiger partial charge in [0.15, 0.2) is 0 Å². The molecule has 0 aromatic rings. The highest BCUT2D eigenvalue weighted by atomic mass is 16.6. The highest BCUT2D eigenvalue weighted by Gasteiger charge is 2.00. The predicted octanol–water partition coefficient (Wildman–Crippen LogP) is 1.80. The lowest BCUT2D eigenvalue weighted by Crippen LogP contribution is -2.17. The molecule has 0 aromatic heterocycles. The van der Waals surface area contributed by atoms with Crippen molar-refractivity contribution in [1.82, 2.24) is 5.32 Å². The zero-order valence-corrected chi connectivity index (χ0v) is 11.9. The number of ether oxygens (including phenoxy) is 2. The third-order valence-electron chi connectivity index (χ3n) is 1.95. The zero-order chi connectivity index (χ0) is 14.1. The lowest BCUT2D eigenvalue weighted by atomic mass is 10.3. The fraction of sp³-hybridized carbons (Fsp3) is 0.846. The summed E-state index contributed by atoms with van der Waals surface area (Å²) >= 11 is 0. The Morgan fingerprint density at radius 3 is 2.39 bits per heavy atom. The van der Waals surface area contributed by atoms with Crippen LogP contribution in [0.2, 0.25) is 0 Å². The highest BCUT2D eigenvalue weighted by Crippen LogP contribution is 1.89. The van der Waals surface area contributed by atoms with Crippen LogP contribution < -0.4 is 5.32 Å². The van der Waals surface area contributed by atoms with Crippen LogP contribution in [0.15, 0.2) is 0 Å². The summed E-state index contributed by atoms with van der Waals surface area (Å²) in [6, 6.07) is 0. The van der Waals surface area contributed by atoms with Crippen LogP contribution in [0.4, 0.5) is 0 Å². The van der Waals surface area contributed by atoms with Crippen molar-refractivity contribution in [3.8, 4) is 0 Å². The van der Waals surface area contributed by atoms with Crippen LogP contribution >= 0.6 is 0 Å². The monoisotopic (exact) mass is 263 g/mol. The number of carbonyl (C=O) groups excluding carboxylic acids is 2. The minimum absolute atomic E-state index is 0. The molecule has 0 aromatic carbocycles. The van der Waals surface area contributed by atoms with Gasteiger partial charge in [0.25, 0.3) is 0 Å². The van der Waals surface area contributed by atoms with Crippen LogP contribution in [0.25, 0.3) is 0 Å². The number of esters is 1. The molecule has 0 spiro atoms. The van der Waals surface area contributed by atoms with E-state index in [2.05, 4.69) is 19.2 Å². The van der Waals surface area contributed by atoms with E-state index in [0.717, 1.165) is 6.54 Å². The fourth-order valence-corrected chi connectivity index (χ4v) is 0.740. The average Bonchev–Trinajstić information content (AvgIpc) is 2.40. The van der Waals surface area contributed by atoms with Gasteiger partial charge in [0, 0.05) is 14.4 Å². The molecule has 0 aliphatic rings. The molecule has 5 nitrogen and oxygen atoms in total. The molecule has 0 saturated carbocycles. The molecule has 5 heteroatoms. The number of nitrogens with one attached hydrogen (secondary N) is 1. The normalized spacial score (nSPS) is 9.28. The first kappa shape index (κ1) is 19.4. The van der Waals surface area contributed by atoms with Crippen molar-refractivity contribution in [3.63, 3.8) is 0 Å². The van der Waals surface area contributed by atoms with Gasteiger partial charge in [-0.1, -0.05) is 26.7 Å². The van der Waals surface area contributed by atoms with Gasteiger partial charge >= 0.3 is 5.97 Å². The highest BCUT2D eigenvalue weighted by molar-refractivity contribution is 5.72. The first-order valence-corrected chi connectivity index (χ1v) is 6.54. The second kappa shape index (κ2) is 18.4. The van der Waals surface area contributed by atoms with Crippen LogP contribution in [-0.2, 0) is 19.1 Å². The molecule has 0 amide bonds. The largest absolute Gasteiger partial charge is 0.463 e. The molecule has 0 unspecified atom stereocenters. The van der Waals surface area contributed by atoms with E-state index in [1.807, 2.05) is 7.05 Å². The van der Waals surface area contributed by atoms with Crippen LogP contribution in [0.3, 0.4) is 0 Å². The quantitative estimate of drug-likeness (QED) is 0.370. The Kier molecular flexibility index (Phi) is 19.9. The first-order chi connectivity index (χ1) is 8.72. The number of hydrogen-bond donors (Lipinski definition) is 1. The number of likely N-dealkylation sites (N-methyl/N-ethyl adjacent to an activating group) is 1. The Labute approximate surface area is 112 Å². The van der Waals surface area contributed by atoms with E-state index >= 15 is 0 Å². The standard InChI is InChI=1S/C9H17NO4.C4H10.H2/c1-10-4-6-13-7-8-14-9(12)3-2-5-11;1-3-4-2;/h5,10H,2-4,6-8H2,1H3;3-4H2,1-2H3;1H. The van der Waals surface area contributed by atoms with Crippen molar-refractivity contribution < 1.29 is 20.5 Å². The molecule has 110 valence electrons. The summed E-state index contributed by atoms with van der Waals surface area (Å²) in [5.74, 6) is -0.352. The van der Waals surface area contributed by atoms with Crippen molar-refractivity contribution in [2.45, 2.75) is 39.5 Å². The second-order valence-corrected chi connectivity index (χ2v) is 3.64. The van der Waals surface area contributed by atoms with Gasteiger partial charge < -0.3 is 19.6 Å². The summed E-state index contributed by atoms with van der Waals surface area (Å²) in [6.07, 6.45) is 3.71. The maximum absolute atomic E-state index is 10.8. The molecule has 0 saturated heterocycles. The predicted molar refractivity (Wildman–Crippen MR) is 73.7 cm³/mol. The second-order valence-electron chi connectivity index (χ2n) is 3.64. The van der Waals surface area contributed by atoms with Crippen LogP contribution in [0.1, 0.15) is 41.0 Å². The van der Waals surface area contributed by atoms with Gasteiger partial charge in [0.05, 0.1) is 19.6 Å². The van der Waals surface area contributed by atoms with Crippen molar-refractivity contribution in [2.24, 2.45) is 0 Å². The molecule has 1 N–H and O–H groups in total. The van der Waals surface area contributed by atoms with Gasteiger partial charge in [0.1, 0.15) is 12.9 Å². The molecule has 0 fully saturated rings. The van der Waals surface area contributed by atoms with E-state index in [4.69, 9.17) is 9.47 Å². The molecule has 0 radical (unpaired) electrons. The summed E-state index contributed by atoms with van der Waals surface area (Å²) in [5, 5.41) is 2.92. The Morgan fingerprint density at radius 2 is 1.89 bits per heavy atom. The summed E-state index contributed by atoms with van der Waals surface area (Å²) in [7, 11) is 1.84. The van der Waals surface area contributed by atoms with E-state index in [1.54, 1.807) is 0 Å². The summed E-state index contributed by atoms with van der Waals surface area (Å²) in [4.78, 5) is 20.8. The Hall–Kier alpha value is -0.940. The van der Waals surface area contributed by atoms with Gasteiger partial charge in [0.2, 0.25) is 0 Å². The van der Waals surface area contributed by atoms with E-state index in [1.165, 1.54) is 12.8 Å². The summed E-state index contributed by atoms with van der Waals surface area (Å²) in [6.45, 7) is 6.39. The fourth-order valence-electron chi connectivity index (χ4n) is 0.740. The number of carbonyl (C=O) groups is 2. The molecule has 0 aliphatic heterocycles. The minimum atomic E-state index is -0.352.